The lowest BCUT2D eigenvalue weighted by molar-refractivity contribution is 0.102. The molecule has 0 aliphatic rings. The second-order valence-electron chi connectivity index (χ2n) is 6.28. The fraction of sp³-hybridized carbons (Fsp3) is 0.0952. The van der Waals surface area contributed by atoms with E-state index in [0.717, 1.165) is 0 Å². The standard InChI is InChI=1S/C21H18Cl2N2O5S/c1-29-19-12-18(25-31(27,28)16-9-14(22)8-15(23)10-16)20(30-2)11-17(19)24-21(26)13-6-4-3-5-7-13/h3-12,25H,1-2H3,(H,24,26). The number of carbonyl (C=O) groups is 1. The topological polar surface area (TPSA) is 93.7 Å². The summed E-state index contributed by atoms with van der Waals surface area (Å²) in [5.41, 5.74) is 0.862. The van der Waals surface area contributed by atoms with Crippen LogP contribution in [0.5, 0.6) is 11.5 Å². The van der Waals surface area contributed by atoms with Crippen molar-refractivity contribution in [2.24, 2.45) is 0 Å². The van der Waals surface area contributed by atoms with Crippen LogP contribution in [0.15, 0.2) is 65.6 Å². The predicted octanol–water partition coefficient (Wildman–Crippen LogP) is 5.06. The van der Waals surface area contributed by atoms with Crippen LogP contribution in [0.4, 0.5) is 11.4 Å². The Balaban J connectivity index is 1.95. The summed E-state index contributed by atoms with van der Waals surface area (Å²) in [4.78, 5) is 12.4. The number of halogens is 2. The molecule has 0 unspecified atom stereocenters. The highest BCUT2D eigenvalue weighted by atomic mass is 35.5. The highest BCUT2D eigenvalue weighted by Gasteiger charge is 2.21. The number of carbonyl (C=O) groups excluding carboxylic acids is 1. The van der Waals surface area contributed by atoms with Gasteiger partial charge in [-0.25, -0.2) is 8.42 Å². The maximum Gasteiger partial charge on any atom is 0.262 e. The van der Waals surface area contributed by atoms with Gasteiger partial charge in [0.15, 0.2) is 0 Å². The van der Waals surface area contributed by atoms with E-state index in [-0.39, 0.29) is 38.0 Å². The molecule has 0 radical (unpaired) electrons. The molecular formula is C21H18Cl2N2O5S. The van der Waals surface area contributed by atoms with Crippen molar-refractivity contribution in [3.8, 4) is 11.5 Å². The zero-order valence-corrected chi connectivity index (χ0v) is 18.8. The number of amides is 1. The van der Waals surface area contributed by atoms with Gasteiger partial charge in [0.05, 0.1) is 30.5 Å². The molecule has 3 aromatic rings. The second-order valence-corrected chi connectivity index (χ2v) is 8.84. The summed E-state index contributed by atoms with van der Waals surface area (Å²) in [6.07, 6.45) is 0. The van der Waals surface area contributed by atoms with Gasteiger partial charge in [0, 0.05) is 27.7 Å². The Labute approximate surface area is 189 Å². The third-order valence-corrected chi connectivity index (χ3v) is 5.98. The van der Waals surface area contributed by atoms with Crippen LogP contribution in [-0.2, 0) is 10.0 Å². The van der Waals surface area contributed by atoms with Gasteiger partial charge in [0.1, 0.15) is 11.5 Å². The number of hydrogen-bond acceptors (Lipinski definition) is 5. The van der Waals surface area contributed by atoms with Crippen molar-refractivity contribution in [1.82, 2.24) is 0 Å². The maximum atomic E-state index is 12.8. The highest BCUT2D eigenvalue weighted by Crippen LogP contribution is 2.38. The van der Waals surface area contributed by atoms with Gasteiger partial charge in [0.2, 0.25) is 0 Å². The molecule has 0 aromatic heterocycles. The summed E-state index contributed by atoms with van der Waals surface area (Å²) in [5.74, 6) is 0.0376. The van der Waals surface area contributed by atoms with Gasteiger partial charge in [0.25, 0.3) is 15.9 Å². The molecule has 1 amide bonds. The van der Waals surface area contributed by atoms with Crippen LogP contribution in [0, 0.1) is 0 Å². The van der Waals surface area contributed by atoms with Crippen molar-refractivity contribution >= 4 is 50.5 Å². The summed E-state index contributed by atoms with van der Waals surface area (Å²) in [5, 5.41) is 3.09. The van der Waals surface area contributed by atoms with Crippen molar-refractivity contribution in [2.75, 3.05) is 24.3 Å². The van der Waals surface area contributed by atoms with Gasteiger partial charge in [-0.3, -0.25) is 9.52 Å². The van der Waals surface area contributed by atoms with E-state index in [0.29, 0.717) is 11.3 Å². The van der Waals surface area contributed by atoms with Crippen molar-refractivity contribution in [2.45, 2.75) is 4.90 Å². The van der Waals surface area contributed by atoms with Crippen LogP contribution >= 0.6 is 23.2 Å². The zero-order valence-electron chi connectivity index (χ0n) is 16.5. The number of benzene rings is 3. The van der Waals surface area contributed by atoms with Crippen molar-refractivity contribution in [3.05, 3.63) is 76.3 Å². The minimum atomic E-state index is -4.04. The molecule has 0 aliphatic carbocycles. The molecule has 0 aliphatic heterocycles. The third kappa shape index (κ3) is 5.41. The van der Waals surface area contributed by atoms with E-state index in [2.05, 4.69) is 10.0 Å². The van der Waals surface area contributed by atoms with Crippen molar-refractivity contribution in [3.63, 3.8) is 0 Å². The van der Waals surface area contributed by atoms with E-state index in [4.69, 9.17) is 32.7 Å². The Hall–Kier alpha value is -2.94. The van der Waals surface area contributed by atoms with E-state index < -0.39 is 10.0 Å². The number of anilines is 2. The van der Waals surface area contributed by atoms with Crippen LogP contribution in [0.25, 0.3) is 0 Å². The number of nitrogens with one attached hydrogen (secondary N) is 2. The molecule has 162 valence electrons. The number of sulfonamides is 1. The zero-order chi connectivity index (χ0) is 22.6. The van der Waals surface area contributed by atoms with E-state index in [9.17, 15) is 13.2 Å². The molecule has 0 spiro atoms. The van der Waals surface area contributed by atoms with E-state index >= 15 is 0 Å². The normalized spacial score (nSPS) is 11.0. The third-order valence-electron chi connectivity index (χ3n) is 4.20. The molecule has 0 fully saturated rings. The molecule has 0 atom stereocenters. The van der Waals surface area contributed by atoms with E-state index in [1.807, 2.05) is 0 Å². The lowest BCUT2D eigenvalue weighted by Crippen LogP contribution is -2.15. The summed E-state index contributed by atoms with van der Waals surface area (Å²) in [7, 11) is -1.27. The highest BCUT2D eigenvalue weighted by molar-refractivity contribution is 7.92. The molecule has 7 nitrogen and oxygen atoms in total. The van der Waals surface area contributed by atoms with Gasteiger partial charge >= 0.3 is 0 Å². The predicted molar refractivity (Wildman–Crippen MR) is 121 cm³/mol. The molecule has 0 bridgehead atoms. The Kier molecular flexibility index (Phi) is 6.94. The number of ether oxygens (including phenoxy) is 2. The largest absolute Gasteiger partial charge is 0.494 e. The Morgan fingerprint density at radius 1 is 0.839 bits per heavy atom. The molecule has 31 heavy (non-hydrogen) atoms. The maximum absolute atomic E-state index is 12.8. The second kappa shape index (κ2) is 9.47. The summed E-state index contributed by atoms with van der Waals surface area (Å²) < 4.78 is 38.7. The summed E-state index contributed by atoms with van der Waals surface area (Å²) in [6.45, 7) is 0. The first kappa shape index (κ1) is 22.7. The summed E-state index contributed by atoms with van der Waals surface area (Å²) >= 11 is 11.8. The SMILES string of the molecule is COc1cc(NS(=O)(=O)c2cc(Cl)cc(Cl)c2)c(OC)cc1NC(=O)c1ccccc1. The number of methoxy groups -OCH3 is 2. The average molecular weight is 481 g/mol. The van der Waals surface area contributed by atoms with Gasteiger partial charge in [-0.05, 0) is 30.3 Å². The smallest absolute Gasteiger partial charge is 0.262 e. The molecule has 2 N–H and O–H groups in total. The fourth-order valence-corrected chi connectivity index (χ4v) is 4.53. The summed E-state index contributed by atoms with van der Waals surface area (Å²) in [6, 6.07) is 15.5. The molecule has 3 rings (SSSR count). The lowest BCUT2D eigenvalue weighted by atomic mass is 10.2. The van der Waals surface area contributed by atoms with Crippen molar-refractivity contribution in [1.29, 1.82) is 0 Å². The molecule has 10 heteroatoms. The monoisotopic (exact) mass is 480 g/mol. The molecular weight excluding hydrogens is 463 g/mol. The van der Waals surface area contributed by atoms with Crippen LogP contribution in [0.2, 0.25) is 10.0 Å². The minimum Gasteiger partial charge on any atom is -0.494 e. The first-order valence-corrected chi connectivity index (χ1v) is 11.1. The minimum absolute atomic E-state index is 0.105. The lowest BCUT2D eigenvalue weighted by Gasteiger charge is -2.17. The molecule has 0 saturated heterocycles. The van der Waals surface area contributed by atoms with Crippen molar-refractivity contribution < 1.29 is 22.7 Å². The molecule has 3 aromatic carbocycles. The quantitative estimate of drug-likeness (QED) is 0.492. The number of rotatable bonds is 7. The van der Waals surface area contributed by atoms with Crippen LogP contribution in [0.3, 0.4) is 0 Å². The fourth-order valence-electron chi connectivity index (χ4n) is 2.75. The van der Waals surface area contributed by atoms with E-state index in [1.54, 1.807) is 30.3 Å². The van der Waals surface area contributed by atoms with Gasteiger partial charge in [-0.15, -0.1) is 0 Å². The van der Waals surface area contributed by atoms with Gasteiger partial charge in [-0.1, -0.05) is 41.4 Å². The Morgan fingerprint density at radius 3 is 1.97 bits per heavy atom. The van der Waals surface area contributed by atoms with Crippen LogP contribution in [0.1, 0.15) is 10.4 Å². The number of hydrogen-bond donors (Lipinski definition) is 2. The van der Waals surface area contributed by atoms with Crippen LogP contribution < -0.4 is 19.5 Å². The van der Waals surface area contributed by atoms with Crippen LogP contribution in [-0.4, -0.2) is 28.5 Å². The average Bonchev–Trinajstić information content (AvgIpc) is 2.74. The van der Waals surface area contributed by atoms with E-state index in [1.165, 1.54) is 44.6 Å². The Bertz CT molecular complexity index is 1200. The molecule has 0 saturated carbocycles. The first-order valence-electron chi connectivity index (χ1n) is 8.85. The Morgan fingerprint density at radius 2 is 1.39 bits per heavy atom. The van der Waals surface area contributed by atoms with Gasteiger partial charge in [-0.2, -0.15) is 0 Å². The van der Waals surface area contributed by atoms with Gasteiger partial charge < -0.3 is 14.8 Å². The first-order chi connectivity index (χ1) is 14.7. The molecule has 0 heterocycles.